The lowest BCUT2D eigenvalue weighted by molar-refractivity contribution is 0.0866. The van der Waals surface area contributed by atoms with Gasteiger partial charge in [0.1, 0.15) is 0 Å². The van der Waals surface area contributed by atoms with E-state index in [9.17, 15) is 13.2 Å². The number of hydrogen-bond acceptors (Lipinski definition) is 4. The van der Waals surface area contributed by atoms with E-state index in [1.54, 1.807) is 0 Å². The smallest absolute Gasteiger partial charge is 0.251 e. The summed E-state index contributed by atoms with van der Waals surface area (Å²) in [5.74, 6) is -0.420. The van der Waals surface area contributed by atoms with E-state index in [1.807, 2.05) is 6.92 Å². The molecule has 0 aliphatic carbocycles. The molecule has 6 nitrogen and oxygen atoms in total. The van der Waals surface area contributed by atoms with Crippen LogP contribution in [0.4, 0.5) is 0 Å². The van der Waals surface area contributed by atoms with E-state index in [2.05, 4.69) is 21.2 Å². The summed E-state index contributed by atoms with van der Waals surface area (Å²) < 4.78 is 28.5. The van der Waals surface area contributed by atoms with Crippen LogP contribution < -0.4 is 10.5 Å². The molecule has 0 aromatic heterocycles. The molecular weight excluding hydrogens is 384 g/mol. The van der Waals surface area contributed by atoms with Gasteiger partial charge in [-0.05, 0) is 41.4 Å². The van der Waals surface area contributed by atoms with Crippen molar-refractivity contribution in [1.29, 1.82) is 0 Å². The maximum absolute atomic E-state index is 12.2. The minimum absolute atomic E-state index is 0.0856. The van der Waals surface area contributed by atoms with Crippen molar-refractivity contribution in [2.75, 3.05) is 6.61 Å². The Morgan fingerprint density at radius 1 is 1.52 bits per heavy atom. The fourth-order valence-corrected chi connectivity index (χ4v) is 3.91. The van der Waals surface area contributed by atoms with Crippen LogP contribution in [0.5, 0.6) is 0 Å². The van der Waals surface area contributed by atoms with Gasteiger partial charge in [0.15, 0.2) is 0 Å². The number of benzene rings is 1. The van der Waals surface area contributed by atoms with Crippen LogP contribution in [0.25, 0.3) is 0 Å². The number of halogens is 2. The van der Waals surface area contributed by atoms with Gasteiger partial charge in [-0.2, -0.15) is 0 Å². The summed E-state index contributed by atoms with van der Waals surface area (Å²) in [6.45, 7) is 2.44. The van der Waals surface area contributed by atoms with Crippen LogP contribution in [-0.4, -0.2) is 33.1 Å². The quantitative estimate of drug-likeness (QED) is 0.810. The molecule has 2 atom stereocenters. The molecule has 1 aromatic rings. The third-order valence-corrected chi connectivity index (χ3v) is 5.83. The Morgan fingerprint density at radius 3 is 2.71 bits per heavy atom. The predicted octanol–water partition coefficient (Wildman–Crippen LogP) is 1.66. The Bertz CT molecular complexity index is 680. The van der Waals surface area contributed by atoms with Crippen molar-refractivity contribution in [3.05, 3.63) is 27.2 Å². The van der Waals surface area contributed by atoms with Crippen LogP contribution in [-0.2, 0) is 14.8 Å². The molecule has 0 bridgehead atoms. The number of nitrogens with two attached hydrogens (primary N) is 1. The van der Waals surface area contributed by atoms with Crippen molar-refractivity contribution in [3.63, 3.8) is 0 Å². The first kappa shape index (κ1) is 16.7. The van der Waals surface area contributed by atoms with Gasteiger partial charge >= 0.3 is 0 Å². The summed E-state index contributed by atoms with van der Waals surface area (Å²) in [5, 5.41) is 8.01. The molecule has 2 rings (SSSR count). The zero-order valence-corrected chi connectivity index (χ0v) is 14.3. The number of primary sulfonamides is 1. The molecule has 0 spiro atoms. The third-order valence-electron chi connectivity index (χ3n) is 3.26. The predicted molar refractivity (Wildman–Crippen MR) is 81.8 cm³/mol. The number of carbonyl (C=O) groups excluding carboxylic acids is 1. The van der Waals surface area contributed by atoms with E-state index in [0.717, 1.165) is 0 Å². The van der Waals surface area contributed by atoms with Gasteiger partial charge in [-0.25, -0.2) is 13.6 Å². The minimum atomic E-state index is -3.99. The number of nitrogens with one attached hydrogen (secondary N) is 1. The van der Waals surface area contributed by atoms with E-state index >= 15 is 0 Å². The summed E-state index contributed by atoms with van der Waals surface area (Å²) in [5.41, 5.74) is 0.131. The number of ether oxygens (including phenoxy) is 1. The first-order valence-corrected chi connectivity index (χ1v) is 8.86. The Morgan fingerprint density at radius 2 is 2.19 bits per heavy atom. The minimum Gasteiger partial charge on any atom is -0.376 e. The zero-order valence-electron chi connectivity index (χ0n) is 11.1. The molecule has 1 heterocycles. The van der Waals surface area contributed by atoms with E-state index in [0.29, 0.717) is 13.0 Å². The van der Waals surface area contributed by atoms with Gasteiger partial charge in [0.25, 0.3) is 5.91 Å². The molecule has 21 heavy (non-hydrogen) atoms. The van der Waals surface area contributed by atoms with Crippen LogP contribution >= 0.6 is 27.5 Å². The van der Waals surface area contributed by atoms with Crippen LogP contribution in [0.2, 0.25) is 5.02 Å². The number of carbonyl (C=O) groups is 1. The molecule has 1 aliphatic rings. The standard InChI is InChI=1S/C12H14BrClN2O4S/c1-6-9(2-3-20-6)16-12(17)7-4-8(14)11(13)10(5-7)21(15,18)19/h4-6,9H,2-3H2,1H3,(H,16,17)(H2,15,18,19). The number of amides is 1. The second kappa shape index (κ2) is 6.21. The summed E-state index contributed by atoms with van der Waals surface area (Å²) in [6, 6.07) is 2.47. The highest BCUT2D eigenvalue weighted by Gasteiger charge is 2.27. The average Bonchev–Trinajstić information content (AvgIpc) is 2.76. The Kier molecular flexibility index (Phi) is 4.94. The molecule has 2 unspecified atom stereocenters. The maximum Gasteiger partial charge on any atom is 0.251 e. The number of hydrogen-bond donors (Lipinski definition) is 2. The monoisotopic (exact) mass is 396 g/mol. The first-order valence-electron chi connectivity index (χ1n) is 6.14. The Labute approximate surface area is 136 Å². The second-order valence-electron chi connectivity index (χ2n) is 4.76. The largest absolute Gasteiger partial charge is 0.376 e. The molecule has 116 valence electrons. The molecular formula is C12H14BrClN2O4S. The lowest BCUT2D eigenvalue weighted by atomic mass is 10.1. The summed E-state index contributed by atoms with van der Waals surface area (Å²) in [7, 11) is -3.99. The second-order valence-corrected chi connectivity index (χ2v) is 7.49. The molecule has 3 N–H and O–H groups in total. The zero-order chi connectivity index (χ0) is 15.8. The first-order chi connectivity index (χ1) is 9.70. The summed E-state index contributed by atoms with van der Waals surface area (Å²) in [4.78, 5) is 12.0. The fraction of sp³-hybridized carbons (Fsp3) is 0.417. The van der Waals surface area contributed by atoms with Crippen LogP contribution in [0.15, 0.2) is 21.5 Å². The molecule has 1 fully saturated rings. The highest BCUT2D eigenvalue weighted by atomic mass is 79.9. The van der Waals surface area contributed by atoms with Gasteiger partial charge < -0.3 is 10.1 Å². The van der Waals surface area contributed by atoms with E-state index in [1.165, 1.54) is 12.1 Å². The third kappa shape index (κ3) is 3.75. The molecule has 9 heteroatoms. The molecule has 0 saturated carbocycles. The maximum atomic E-state index is 12.2. The summed E-state index contributed by atoms with van der Waals surface area (Å²) in [6.07, 6.45) is 0.622. The molecule has 0 radical (unpaired) electrons. The lowest BCUT2D eigenvalue weighted by Gasteiger charge is -2.16. The van der Waals surface area contributed by atoms with Gasteiger partial charge in [-0.1, -0.05) is 11.6 Å². The Balaban J connectivity index is 2.32. The van der Waals surface area contributed by atoms with Crippen molar-refractivity contribution in [1.82, 2.24) is 5.32 Å². The topological polar surface area (TPSA) is 98.5 Å². The van der Waals surface area contributed by atoms with Crippen molar-refractivity contribution < 1.29 is 17.9 Å². The van der Waals surface area contributed by atoms with Crippen LogP contribution in [0.3, 0.4) is 0 Å². The van der Waals surface area contributed by atoms with E-state index in [-0.39, 0.29) is 32.1 Å². The van der Waals surface area contributed by atoms with Crippen LogP contribution in [0.1, 0.15) is 23.7 Å². The van der Waals surface area contributed by atoms with Gasteiger partial charge in [0.2, 0.25) is 10.0 Å². The van der Waals surface area contributed by atoms with Crippen molar-refractivity contribution in [3.8, 4) is 0 Å². The SMILES string of the molecule is CC1OCCC1NC(=O)c1cc(Cl)c(Br)c(S(N)(=O)=O)c1. The Hall–Kier alpha value is -0.670. The van der Waals surface area contributed by atoms with Crippen molar-refractivity contribution >= 4 is 43.5 Å². The van der Waals surface area contributed by atoms with E-state index < -0.39 is 15.9 Å². The van der Waals surface area contributed by atoms with Gasteiger partial charge in [0.05, 0.1) is 26.5 Å². The number of sulfonamides is 1. The van der Waals surface area contributed by atoms with Crippen molar-refractivity contribution in [2.24, 2.45) is 5.14 Å². The highest BCUT2D eigenvalue weighted by molar-refractivity contribution is 9.10. The highest BCUT2D eigenvalue weighted by Crippen LogP contribution is 2.30. The number of rotatable bonds is 3. The molecule has 1 aliphatic heterocycles. The molecule has 1 saturated heterocycles. The molecule has 1 amide bonds. The van der Waals surface area contributed by atoms with Crippen molar-refractivity contribution in [2.45, 2.75) is 30.4 Å². The van der Waals surface area contributed by atoms with Gasteiger partial charge in [0, 0.05) is 12.2 Å². The average molecular weight is 398 g/mol. The molecule has 1 aromatic carbocycles. The van der Waals surface area contributed by atoms with Gasteiger partial charge in [-0.3, -0.25) is 4.79 Å². The van der Waals surface area contributed by atoms with E-state index in [4.69, 9.17) is 21.5 Å². The van der Waals surface area contributed by atoms with Gasteiger partial charge in [-0.15, -0.1) is 0 Å². The fourth-order valence-electron chi connectivity index (χ4n) is 2.07. The summed E-state index contributed by atoms with van der Waals surface area (Å²) >= 11 is 9.00. The lowest BCUT2D eigenvalue weighted by Crippen LogP contribution is -2.39. The van der Waals surface area contributed by atoms with Crippen LogP contribution in [0, 0.1) is 0 Å². The normalized spacial score (nSPS) is 22.3.